The van der Waals surface area contributed by atoms with E-state index in [2.05, 4.69) is 46.3 Å². The minimum atomic E-state index is -0.272. The van der Waals surface area contributed by atoms with Crippen molar-refractivity contribution in [2.45, 2.75) is 18.4 Å². The highest BCUT2D eigenvalue weighted by atomic mass is 16.5. The number of para-hydroxylation sites is 1. The Bertz CT molecular complexity index is 1030. The number of nitrogens with zero attached hydrogens (tertiary/aromatic N) is 3. The van der Waals surface area contributed by atoms with Crippen molar-refractivity contribution in [2.75, 3.05) is 24.6 Å². The molecule has 3 aromatic rings. The second-order valence-electron chi connectivity index (χ2n) is 7.07. The van der Waals surface area contributed by atoms with Crippen LogP contribution in [-0.2, 0) is 16.8 Å². The van der Waals surface area contributed by atoms with Crippen molar-refractivity contribution >= 4 is 16.6 Å². The van der Waals surface area contributed by atoms with E-state index in [1.54, 1.807) is 6.20 Å². The quantitative estimate of drug-likeness (QED) is 0.676. The smallest absolute Gasteiger partial charge is 0.111 e. The van der Waals surface area contributed by atoms with Crippen LogP contribution in [0.25, 0.3) is 10.9 Å². The molecule has 0 saturated carbocycles. The molecule has 26 heavy (non-hydrogen) atoms. The number of rotatable bonds is 1. The summed E-state index contributed by atoms with van der Waals surface area (Å²) in [4.78, 5) is 6.78. The molecule has 0 bridgehead atoms. The number of hydrogen-bond donors (Lipinski definition) is 0. The molecule has 1 saturated heterocycles. The summed E-state index contributed by atoms with van der Waals surface area (Å²) in [5.74, 6) is 0. The third kappa shape index (κ3) is 2.21. The van der Waals surface area contributed by atoms with E-state index in [0.29, 0.717) is 12.2 Å². The third-order valence-electron chi connectivity index (χ3n) is 5.68. The van der Waals surface area contributed by atoms with E-state index in [0.717, 1.165) is 42.5 Å². The Kier molecular flexibility index (Phi) is 3.44. The third-order valence-corrected chi connectivity index (χ3v) is 5.68. The monoisotopic (exact) mass is 341 g/mol. The van der Waals surface area contributed by atoms with E-state index in [-0.39, 0.29) is 5.60 Å². The Hall–Kier alpha value is -2.90. The molecule has 2 aromatic carbocycles. The lowest BCUT2D eigenvalue weighted by Gasteiger charge is -2.42. The predicted octanol–water partition coefficient (Wildman–Crippen LogP) is 3.78. The van der Waals surface area contributed by atoms with Crippen molar-refractivity contribution in [2.24, 2.45) is 0 Å². The first-order valence-electron chi connectivity index (χ1n) is 9.06. The summed E-state index contributed by atoms with van der Waals surface area (Å²) in [5.41, 5.74) is 4.97. The van der Waals surface area contributed by atoms with Crippen molar-refractivity contribution < 1.29 is 4.74 Å². The fraction of sp³-hybridized carbons (Fsp3) is 0.273. The molecule has 1 aliphatic heterocycles. The molecule has 4 heteroatoms. The number of ether oxygens (including phenoxy) is 1. The van der Waals surface area contributed by atoms with Crippen LogP contribution in [0.1, 0.15) is 23.1 Å². The Balaban J connectivity index is 1.63. The first kappa shape index (κ1) is 15.4. The van der Waals surface area contributed by atoms with Gasteiger partial charge in [0, 0.05) is 18.1 Å². The van der Waals surface area contributed by atoms with Crippen LogP contribution < -0.4 is 4.90 Å². The zero-order chi connectivity index (χ0) is 17.6. The molecular weight excluding hydrogens is 322 g/mol. The lowest BCUT2D eigenvalue weighted by Crippen LogP contribution is -2.49. The molecule has 1 spiro atoms. The molecule has 2 aliphatic rings. The van der Waals surface area contributed by atoms with Gasteiger partial charge in [0.1, 0.15) is 11.7 Å². The van der Waals surface area contributed by atoms with Crippen molar-refractivity contribution in [1.29, 1.82) is 5.26 Å². The Morgan fingerprint density at radius 3 is 2.88 bits per heavy atom. The van der Waals surface area contributed by atoms with E-state index in [4.69, 9.17) is 4.74 Å². The number of aromatic nitrogens is 1. The van der Waals surface area contributed by atoms with Crippen LogP contribution in [-0.4, -0.2) is 24.7 Å². The van der Waals surface area contributed by atoms with Crippen LogP contribution in [0, 0.1) is 11.3 Å². The van der Waals surface area contributed by atoms with Gasteiger partial charge in [-0.1, -0.05) is 42.5 Å². The van der Waals surface area contributed by atoms with E-state index >= 15 is 0 Å². The van der Waals surface area contributed by atoms with Gasteiger partial charge in [-0.15, -0.1) is 0 Å². The number of hydrogen-bond acceptors (Lipinski definition) is 4. The fourth-order valence-electron chi connectivity index (χ4n) is 4.49. The molecule has 1 unspecified atom stereocenters. The number of fused-ring (bicyclic) bond motifs is 3. The van der Waals surface area contributed by atoms with Crippen molar-refractivity contribution in [3.63, 3.8) is 0 Å². The van der Waals surface area contributed by atoms with Crippen LogP contribution in [0.5, 0.6) is 0 Å². The summed E-state index contributed by atoms with van der Waals surface area (Å²) in [7, 11) is 0. The molecular formula is C22H19N3O. The van der Waals surface area contributed by atoms with E-state index < -0.39 is 0 Å². The molecule has 1 fully saturated rings. The van der Waals surface area contributed by atoms with Gasteiger partial charge in [0.15, 0.2) is 0 Å². The predicted molar refractivity (Wildman–Crippen MR) is 101 cm³/mol. The first-order valence-corrected chi connectivity index (χ1v) is 9.06. The SMILES string of the molecule is N#Cc1cnc2ccccc2c1N1CCOC2(CCc3ccccc32)C1. The van der Waals surface area contributed by atoms with Gasteiger partial charge in [-0.25, -0.2) is 0 Å². The highest BCUT2D eigenvalue weighted by Crippen LogP contribution is 2.44. The van der Waals surface area contributed by atoms with Crippen molar-refractivity contribution in [1.82, 2.24) is 4.98 Å². The topological polar surface area (TPSA) is 49.2 Å². The maximum Gasteiger partial charge on any atom is 0.111 e. The van der Waals surface area contributed by atoms with E-state index in [9.17, 15) is 5.26 Å². The minimum Gasteiger partial charge on any atom is -0.367 e. The van der Waals surface area contributed by atoms with Gasteiger partial charge >= 0.3 is 0 Å². The van der Waals surface area contributed by atoms with Gasteiger partial charge in [-0.3, -0.25) is 4.98 Å². The molecule has 4 nitrogen and oxygen atoms in total. The van der Waals surface area contributed by atoms with E-state index in [1.807, 2.05) is 18.2 Å². The summed E-state index contributed by atoms with van der Waals surface area (Å²) in [5, 5.41) is 10.7. The van der Waals surface area contributed by atoms with Gasteiger partial charge in [-0.2, -0.15) is 5.26 Å². The Morgan fingerprint density at radius 1 is 1.12 bits per heavy atom. The highest BCUT2D eigenvalue weighted by Gasteiger charge is 2.43. The second-order valence-corrected chi connectivity index (χ2v) is 7.07. The molecule has 0 radical (unpaired) electrons. The molecule has 2 heterocycles. The summed E-state index contributed by atoms with van der Waals surface area (Å²) < 4.78 is 6.35. The normalized spacial score (nSPS) is 21.7. The summed E-state index contributed by atoms with van der Waals surface area (Å²) in [6.45, 7) is 2.22. The maximum atomic E-state index is 9.68. The molecule has 1 aromatic heterocycles. The van der Waals surface area contributed by atoms with Gasteiger partial charge in [0.05, 0.1) is 29.9 Å². The molecule has 1 aliphatic carbocycles. The molecule has 5 rings (SSSR count). The molecule has 128 valence electrons. The number of morpholine rings is 1. The number of pyridine rings is 1. The first-order chi connectivity index (χ1) is 12.8. The van der Waals surface area contributed by atoms with Crippen LogP contribution in [0.15, 0.2) is 54.7 Å². The lowest BCUT2D eigenvalue weighted by atomic mass is 9.93. The molecule has 1 atom stereocenters. The fourth-order valence-corrected chi connectivity index (χ4v) is 4.49. The lowest BCUT2D eigenvalue weighted by molar-refractivity contribution is -0.0591. The molecule has 0 N–H and O–H groups in total. The average molecular weight is 341 g/mol. The number of benzene rings is 2. The summed E-state index contributed by atoms with van der Waals surface area (Å²) in [6, 6.07) is 19.0. The number of nitriles is 1. The van der Waals surface area contributed by atoms with Gasteiger partial charge in [0.25, 0.3) is 0 Å². The van der Waals surface area contributed by atoms with Crippen molar-refractivity contribution in [3.05, 3.63) is 71.4 Å². The van der Waals surface area contributed by atoms with Crippen molar-refractivity contribution in [3.8, 4) is 6.07 Å². The van der Waals surface area contributed by atoms with Crippen LogP contribution >= 0.6 is 0 Å². The Morgan fingerprint density at radius 2 is 1.96 bits per heavy atom. The van der Waals surface area contributed by atoms with E-state index in [1.165, 1.54) is 11.1 Å². The summed E-state index contributed by atoms with van der Waals surface area (Å²) in [6.07, 6.45) is 3.74. The maximum absolute atomic E-state index is 9.68. The molecule has 0 amide bonds. The van der Waals surface area contributed by atoms with Crippen LogP contribution in [0.3, 0.4) is 0 Å². The number of anilines is 1. The standard InChI is InChI=1S/C22H19N3O/c23-13-17-14-24-20-8-4-2-6-18(20)21(17)25-11-12-26-22(15-25)10-9-16-5-1-3-7-19(16)22/h1-8,14H,9-12,15H2. The minimum absolute atomic E-state index is 0.272. The Labute approximate surface area is 152 Å². The van der Waals surface area contributed by atoms with Crippen LogP contribution in [0.2, 0.25) is 0 Å². The van der Waals surface area contributed by atoms with Gasteiger partial charge in [-0.05, 0) is 30.0 Å². The van der Waals surface area contributed by atoms with Crippen LogP contribution in [0.4, 0.5) is 5.69 Å². The largest absolute Gasteiger partial charge is 0.367 e. The average Bonchev–Trinajstić information content (AvgIpc) is 3.05. The highest BCUT2D eigenvalue weighted by molar-refractivity contribution is 5.94. The summed E-state index contributed by atoms with van der Waals surface area (Å²) >= 11 is 0. The zero-order valence-corrected chi connectivity index (χ0v) is 14.5. The van der Waals surface area contributed by atoms with Gasteiger partial charge < -0.3 is 9.64 Å². The second kappa shape index (κ2) is 5.82. The van der Waals surface area contributed by atoms with Gasteiger partial charge in [0.2, 0.25) is 0 Å². The zero-order valence-electron chi connectivity index (χ0n) is 14.5. The number of aryl methyl sites for hydroxylation is 1.